The van der Waals surface area contributed by atoms with Crippen LogP contribution >= 0.6 is 0 Å². The van der Waals surface area contributed by atoms with E-state index >= 15 is 0 Å². The van der Waals surface area contributed by atoms with Crippen LogP contribution in [0.25, 0.3) is 0 Å². The van der Waals surface area contributed by atoms with Crippen molar-refractivity contribution in [1.29, 1.82) is 0 Å². The van der Waals surface area contributed by atoms with Crippen molar-refractivity contribution in [2.24, 2.45) is 11.3 Å². The van der Waals surface area contributed by atoms with E-state index in [9.17, 15) is 4.79 Å². The highest BCUT2D eigenvalue weighted by Crippen LogP contribution is 2.35. The molecule has 116 valence electrons. The Bertz CT molecular complexity index is 330. The quantitative estimate of drug-likeness (QED) is 0.812. The normalized spacial score (nSPS) is 33.0. The molecule has 1 aliphatic heterocycles. The molecule has 1 aliphatic carbocycles. The summed E-state index contributed by atoms with van der Waals surface area (Å²) >= 11 is 0. The Morgan fingerprint density at radius 2 is 2.10 bits per heavy atom. The summed E-state index contributed by atoms with van der Waals surface area (Å²) in [6.07, 6.45) is 5.91. The fraction of sp³-hybridized carbons (Fsp3) is 0.938. The minimum absolute atomic E-state index is 0.0284. The van der Waals surface area contributed by atoms with Gasteiger partial charge in [-0.1, -0.05) is 33.6 Å². The second-order valence-electron chi connectivity index (χ2n) is 7.00. The molecule has 0 radical (unpaired) electrons. The Balaban J connectivity index is 1.90. The van der Waals surface area contributed by atoms with Gasteiger partial charge in [0.1, 0.15) is 0 Å². The smallest absolute Gasteiger partial charge is 0.227 e. The van der Waals surface area contributed by atoms with E-state index in [1.807, 2.05) is 0 Å². The Morgan fingerprint density at radius 1 is 1.30 bits per heavy atom. The molecular weight excluding hydrogens is 252 g/mol. The molecule has 2 N–H and O–H groups in total. The average Bonchev–Trinajstić information content (AvgIpc) is 2.87. The number of nitrogens with one attached hydrogen (secondary N) is 2. The van der Waals surface area contributed by atoms with Crippen LogP contribution in [0, 0.1) is 11.3 Å². The molecule has 1 saturated carbocycles. The number of ether oxygens (including phenoxy) is 1. The summed E-state index contributed by atoms with van der Waals surface area (Å²) in [5.41, 5.74) is 0.222. The molecule has 2 fully saturated rings. The van der Waals surface area contributed by atoms with Gasteiger partial charge < -0.3 is 15.4 Å². The number of carbonyl (C=O) groups is 1. The van der Waals surface area contributed by atoms with Crippen molar-refractivity contribution >= 4 is 5.91 Å². The van der Waals surface area contributed by atoms with Gasteiger partial charge in [0.05, 0.1) is 19.1 Å². The van der Waals surface area contributed by atoms with Crippen LogP contribution in [-0.4, -0.2) is 37.7 Å². The van der Waals surface area contributed by atoms with Gasteiger partial charge in [0.15, 0.2) is 0 Å². The molecule has 2 rings (SSSR count). The molecule has 1 saturated heterocycles. The number of carbonyl (C=O) groups excluding carboxylic acids is 1. The number of hydrogen-bond acceptors (Lipinski definition) is 3. The lowest BCUT2D eigenvalue weighted by atomic mass is 9.73. The van der Waals surface area contributed by atoms with Crippen molar-refractivity contribution in [3.05, 3.63) is 0 Å². The second-order valence-corrected chi connectivity index (χ2v) is 7.00. The Hall–Kier alpha value is -0.610. The van der Waals surface area contributed by atoms with Crippen molar-refractivity contribution in [2.75, 3.05) is 19.8 Å². The third-order valence-electron chi connectivity index (χ3n) is 4.90. The van der Waals surface area contributed by atoms with E-state index in [1.54, 1.807) is 0 Å². The van der Waals surface area contributed by atoms with Gasteiger partial charge in [0.25, 0.3) is 0 Å². The molecule has 3 atom stereocenters. The van der Waals surface area contributed by atoms with Crippen LogP contribution in [0.1, 0.15) is 52.9 Å². The second kappa shape index (κ2) is 6.90. The monoisotopic (exact) mass is 282 g/mol. The van der Waals surface area contributed by atoms with Gasteiger partial charge in [-0.25, -0.2) is 0 Å². The van der Waals surface area contributed by atoms with Crippen LogP contribution in [0.15, 0.2) is 0 Å². The van der Waals surface area contributed by atoms with Gasteiger partial charge in [0.2, 0.25) is 5.91 Å². The van der Waals surface area contributed by atoms with E-state index in [1.165, 1.54) is 19.3 Å². The first-order chi connectivity index (χ1) is 9.54. The molecule has 1 heterocycles. The lowest BCUT2D eigenvalue weighted by Gasteiger charge is -2.39. The third-order valence-corrected chi connectivity index (χ3v) is 4.90. The Labute approximate surface area is 123 Å². The molecule has 0 aromatic rings. The van der Waals surface area contributed by atoms with E-state index in [0.29, 0.717) is 19.3 Å². The largest absolute Gasteiger partial charge is 0.379 e. The van der Waals surface area contributed by atoms with Crippen LogP contribution in [0.2, 0.25) is 0 Å². The first-order valence-corrected chi connectivity index (χ1v) is 8.16. The van der Waals surface area contributed by atoms with Crippen molar-refractivity contribution in [3.63, 3.8) is 0 Å². The topological polar surface area (TPSA) is 50.4 Å². The highest BCUT2D eigenvalue weighted by atomic mass is 16.5. The van der Waals surface area contributed by atoms with E-state index in [-0.39, 0.29) is 23.3 Å². The highest BCUT2D eigenvalue weighted by molar-refractivity contribution is 5.80. The predicted molar refractivity (Wildman–Crippen MR) is 80.6 cm³/mol. The molecule has 0 spiro atoms. The summed E-state index contributed by atoms with van der Waals surface area (Å²) in [4.78, 5) is 12.5. The zero-order valence-electron chi connectivity index (χ0n) is 13.2. The maximum absolute atomic E-state index is 12.5. The van der Waals surface area contributed by atoms with E-state index in [0.717, 1.165) is 19.4 Å². The van der Waals surface area contributed by atoms with Crippen LogP contribution < -0.4 is 10.6 Å². The Kier molecular flexibility index (Phi) is 5.44. The molecular formula is C16H30N2O2. The van der Waals surface area contributed by atoms with E-state index in [4.69, 9.17) is 4.74 Å². The lowest BCUT2D eigenvalue weighted by Crippen LogP contribution is -2.52. The number of amides is 1. The van der Waals surface area contributed by atoms with Crippen LogP contribution in [0.3, 0.4) is 0 Å². The van der Waals surface area contributed by atoms with Crippen molar-refractivity contribution in [2.45, 2.75) is 65.0 Å². The van der Waals surface area contributed by atoms with E-state index < -0.39 is 0 Å². The SMILES string of the molecule is CCCNC1COCC1C(=O)NC1CCCCC1(C)C. The van der Waals surface area contributed by atoms with Gasteiger partial charge in [-0.05, 0) is 31.2 Å². The van der Waals surface area contributed by atoms with Gasteiger partial charge in [-0.2, -0.15) is 0 Å². The maximum Gasteiger partial charge on any atom is 0.227 e. The lowest BCUT2D eigenvalue weighted by molar-refractivity contribution is -0.127. The molecule has 4 nitrogen and oxygen atoms in total. The number of hydrogen-bond donors (Lipinski definition) is 2. The maximum atomic E-state index is 12.5. The Morgan fingerprint density at radius 3 is 2.80 bits per heavy atom. The van der Waals surface area contributed by atoms with E-state index in [2.05, 4.69) is 31.4 Å². The standard InChI is InChI=1S/C16H30N2O2/c1-4-9-17-13-11-20-10-12(13)15(19)18-14-7-5-6-8-16(14,2)3/h12-14,17H,4-11H2,1-3H3,(H,18,19). The molecule has 0 aromatic heterocycles. The summed E-state index contributed by atoms with van der Waals surface area (Å²) in [6, 6.07) is 0.498. The molecule has 4 heteroatoms. The van der Waals surface area contributed by atoms with Gasteiger partial charge in [-0.3, -0.25) is 4.79 Å². The average molecular weight is 282 g/mol. The molecule has 0 bridgehead atoms. The molecule has 1 amide bonds. The fourth-order valence-corrected chi connectivity index (χ4v) is 3.38. The fourth-order valence-electron chi connectivity index (χ4n) is 3.38. The van der Waals surface area contributed by atoms with Gasteiger partial charge >= 0.3 is 0 Å². The van der Waals surface area contributed by atoms with Gasteiger partial charge in [-0.15, -0.1) is 0 Å². The minimum Gasteiger partial charge on any atom is -0.379 e. The summed E-state index contributed by atoms with van der Waals surface area (Å²) < 4.78 is 5.51. The first-order valence-electron chi connectivity index (χ1n) is 8.16. The van der Waals surface area contributed by atoms with Crippen molar-refractivity contribution in [1.82, 2.24) is 10.6 Å². The zero-order chi connectivity index (χ0) is 14.6. The van der Waals surface area contributed by atoms with Crippen LogP contribution in [0.4, 0.5) is 0 Å². The van der Waals surface area contributed by atoms with Crippen molar-refractivity contribution in [3.8, 4) is 0 Å². The van der Waals surface area contributed by atoms with Crippen LogP contribution in [-0.2, 0) is 9.53 Å². The third kappa shape index (κ3) is 3.73. The first kappa shape index (κ1) is 15.8. The summed E-state index contributed by atoms with van der Waals surface area (Å²) in [7, 11) is 0. The number of rotatable bonds is 5. The minimum atomic E-state index is -0.0284. The molecule has 3 unspecified atom stereocenters. The molecule has 0 aromatic carbocycles. The zero-order valence-corrected chi connectivity index (χ0v) is 13.2. The highest BCUT2D eigenvalue weighted by Gasteiger charge is 2.38. The molecule has 20 heavy (non-hydrogen) atoms. The predicted octanol–water partition coefficient (Wildman–Crippen LogP) is 2.09. The summed E-state index contributed by atoms with van der Waals surface area (Å²) in [5, 5.41) is 6.73. The van der Waals surface area contributed by atoms with Gasteiger partial charge in [0, 0.05) is 12.1 Å². The van der Waals surface area contributed by atoms with Crippen molar-refractivity contribution < 1.29 is 9.53 Å². The van der Waals surface area contributed by atoms with Crippen LogP contribution in [0.5, 0.6) is 0 Å². The molecule has 2 aliphatic rings. The summed E-state index contributed by atoms with van der Waals surface area (Å²) in [6.45, 7) is 8.85. The summed E-state index contributed by atoms with van der Waals surface area (Å²) in [5.74, 6) is 0.148.